The van der Waals surface area contributed by atoms with Crippen molar-refractivity contribution in [2.24, 2.45) is 11.7 Å². The smallest absolute Gasteiger partial charge is 0.262 e. The molecular weight excluding hydrogens is 306 g/mol. The Morgan fingerprint density at radius 3 is 3.00 bits per heavy atom. The summed E-state index contributed by atoms with van der Waals surface area (Å²) in [6.07, 6.45) is 3.13. The second-order valence-electron chi connectivity index (χ2n) is 5.55. The Morgan fingerprint density at radius 2 is 2.23 bits per heavy atom. The molecule has 4 N–H and O–H groups in total. The largest absolute Gasteiger partial charge is 0.482 e. The molecule has 1 aromatic carbocycles. The van der Waals surface area contributed by atoms with Crippen molar-refractivity contribution in [3.05, 3.63) is 23.8 Å². The van der Waals surface area contributed by atoms with Crippen molar-refractivity contribution in [1.29, 1.82) is 0 Å². The monoisotopic (exact) mass is 325 g/mol. The van der Waals surface area contributed by atoms with Crippen LogP contribution in [-0.2, 0) is 4.79 Å². The van der Waals surface area contributed by atoms with Gasteiger partial charge in [-0.3, -0.25) is 9.59 Å². The molecule has 0 saturated heterocycles. The second-order valence-corrected chi connectivity index (χ2v) is 5.55. The molecule has 6 nitrogen and oxygen atoms in total. The zero-order valence-corrected chi connectivity index (χ0v) is 12.9. The molecule has 1 heterocycles. The van der Waals surface area contributed by atoms with Gasteiger partial charge in [-0.05, 0) is 43.5 Å². The van der Waals surface area contributed by atoms with Gasteiger partial charge >= 0.3 is 0 Å². The number of carbonyl (C=O) groups excluding carboxylic acids is 2. The van der Waals surface area contributed by atoms with E-state index < -0.39 is 0 Å². The summed E-state index contributed by atoms with van der Waals surface area (Å²) in [5.41, 5.74) is 6.79. The maximum atomic E-state index is 12.3. The molecule has 2 atom stereocenters. The molecule has 1 aliphatic heterocycles. The average Bonchev–Trinajstić information content (AvgIpc) is 2.93. The number of anilines is 1. The maximum absolute atomic E-state index is 12.3. The first-order valence-corrected chi connectivity index (χ1v) is 7.25. The normalized spacial score (nSPS) is 22.9. The van der Waals surface area contributed by atoms with Crippen LogP contribution in [0.5, 0.6) is 5.75 Å². The summed E-state index contributed by atoms with van der Waals surface area (Å²) in [5.74, 6) is 0.600. The van der Waals surface area contributed by atoms with Crippen LogP contribution in [0.1, 0.15) is 29.6 Å². The highest BCUT2D eigenvalue weighted by Crippen LogP contribution is 2.29. The van der Waals surface area contributed by atoms with E-state index in [-0.39, 0.29) is 36.9 Å². The van der Waals surface area contributed by atoms with Crippen LogP contribution in [0.25, 0.3) is 0 Å². The number of hydrogen-bond acceptors (Lipinski definition) is 4. The minimum atomic E-state index is -0.209. The third kappa shape index (κ3) is 3.34. The average molecular weight is 326 g/mol. The number of benzene rings is 1. The summed E-state index contributed by atoms with van der Waals surface area (Å²) in [5, 5.41) is 5.75. The van der Waals surface area contributed by atoms with Crippen LogP contribution < -0.4 is 21.1 Å². The van der Waals surface area contributed by atoms with Crippen molar-refractivity contribution >= 4 is 29.9 Å². The zero-order valence-electron chi connectivity index (χ0n) is 12.1. The van der Waals surface area contributed by atoms with Crippen LogP contribution in [0.2, 0.25) is 0 Å². The van der Waals surface area contributed by atoms with Crippen molar-refractivity contribution < 1.29 is 14.3 Å². The van der Waals surface area contributed by atoms with Crippen molar-refractivity contribution in [2.45, 2.75) is 25.3 Å². The van der Waals surface area contributed by atoms with E-state index in [1.807, 2.05) is 0 Å². The topological polar surface area (TPSA) is 93.5 Å². The molecule has 1 aliphatic carbocycles. The molecule has 0 radical (unpaired) electrons. The lowest BCUT2D eigenvalue weighted by Crippen LogP contribution is -2.39. The third-order valence-electron chi connectivity index (χ3n) is 4.15. The first-order chi connectivity index (χ1) is 10.2. The molecule has 7 heteroatoms. The minimum absolute atomic E-state index is 0. The van der Waals surface area contributed by atoms with E-state index >= 15 is 0 Å². The third-order valence-corrected chi connectivity index (χ3v) is 4.15. The van der Waals surface area contributed by atoms with Crippen LogP contribution in [0.4, 0.5) is 5.69 Å². The van der Waals surface area contributed by atoms with Gasteiger partial charge in [-0.2, -0.15) is 0 Å². The summed E-state index contributed by atoms with van der Waals surface area (Å²) in [7, 11) is 0. The highest BCUT2D eigenvalue weighted by atomic mass is 35.5. The molecule has 3 rings (SSSR count). The van der Waals surface area contributed by atoms with E-state index in [9.17, 15) is 9.59 Å². The number of nitrogens with two attached hydrogens (primary N) is 1. The standard InChI is InChI=1S/C15H19N3O3.ClH/c16-7-10-2-1-3-11(10)18-15(20)9-4-5-13-12(6-9)17-14(19)8-21-13;/h4-6,10-11H,1-3,7-8,16H2,(H,17,19)(H,18,20);1H. The van der Waals surface area contributed by atoms with Crippen molar-refractivity contribution in [3.8, 4) is 5.75 Å². The van der Waals surface area contributed by atoms with E-state index in [2.05, 4.69) is 10.6 Å². The molecule has 0 spiro atoms. The van der Waals surface area contributed by atoms with Gasteiger partial charge in [0.2, 0.25) is 0 Å². The number of carbonyl (C=O) groups is 2. The predicted octanol–water partition coefficient (Wildman–Crippen LogP) is 1.30. The Balaban J connectivity index is 0.00000176. The number of halogens is 1. The van der Waals surface area contributed by atoms with Crippen LogP contribution in [0.15, 0.2) is 18.2 Å². The molecule has 0 bridgehead atoms. The summed E-state index contributed by atoms with van der Waals surface area (Å²) < 4.78 is 5.28. The molecule has 120 valence electrons. The summed E-state index contributed by atoms with van der Waals surface area (Å²) in [6, 6.07) is 5.20. The van der Waals surface area contributed by atoms with Crippen molar-refractivity contribution in [1.82, 2.24) is 5.32 Å². The highest BCUT2D eigenvalue weighted by Gasteiger charge is 2.28. The fourth-order valence-electron chi connectivity index (χ4n) is 2.99. The van der Waals surface area contributed by atoms with Gasteiger partial charge in [-0.1, -0.05) is 6.42 Å². The van der Waals surface area contributed by atoms with E-state index in [1.54, 1.807) is 18.2 Å². The minimum Gasteiger partial charge on any atom is -0.482 e. The van der Waals surface area contributed by atoms with Crippen molar-refractivity contribution in [3.63, 3.8) is 0 Å². The Hall–Kier alpha value is -1.79. The number of nitrogens with one attached hydrogen (secondary N) is 2. The lowest BCUT2D eigenvalue weighted by Gasteiger charge is -2.21. The van der Waals surface area contributed by atoms with Crippen LogP contribution >= 0.6 is 12.4 Å². The number of fused-ring (bicyclic) bond motifs is 1. The quantitative estimate of drug-likeness (QED) is 0.780. The van der Waals surface area contributed by atoms with E-state index in [4.69, 9.17) is 10.5 Å². The lowest BCUT2D eigenvalue weighted by atomic mass is 10.0. The summed E-state index contributed by atoms with van der Waals surface area (Å²) >= 11 is 0. The van der Waals surface area contributed by atoms with Gasteiger partial charge in [0, 0.05) is 11.6 Å². The molecule has 1 saturated carbocycles. The number of amides is 2. The van der Waals surface area contributed by atoms with Crippen LogP contribution in [0.3, 0.4) is 0 Å². The van der Waals surface area contributed by atoms with Gasteiger partial charge in [0.15, 0.2) is 6.61 Å². The Morgan fingerprint density at radius 1 is 1.41 bits per heavy atom. The fourth-order valence-corrected chi connectivity index (χ4v) is 2.99. The zero-order chi connectivity index (χ0) is 14.8. The first-order valence-electron chi connectivity index (χ1n) is 7.25. The molecular formula is C15H20ClN3O3. The highest BCUT2D eigenvalue weighted by molar-refractivity contribution is 5.99. The SMILES string of the molecule is Cl.NCC1CCCC1NC(=O)c1ccc2c(c1)NC(=O)CO2. The Labute approximate surface area is 135 Å². The molecule has 2 unspecified atom stereocenters. The Bertz CT molecular complexity index is 579. The molecule has 0 aromatic heterocycles. The number of hydrogen-bond donors (Lipinski definition) is 3. The molecule has 2 amide bonds. The van der Waals surface area contributed by atoms with Gasteiger partial charge in [-0.25, -0.2) is 0 Å². The molecule has 1 aromatic rings. The summed E-state index contributed by atoms with van der Waals surface area (Å²) in [6.45, 7) is 0.609. The Kier molecular flexibility index (Phi) is 5.26. The molecule has 1 fully saturated rings. The van der Waals surface area contributed by atoms with E-state index in [0.29, 0.717) is 29.5 Å². The van der Waals surface area contributed by atoms with Crippen molar-refractivity contribution in [2.75, 3.05) is 18.5 Å². The maximum Gasteiger partial charge on any atom is 0.262 e. The molecule has 2 aliphatic rings. The summed E-state index contributed by atoms with van der Waals surface area (Å²) in [4.78, 5) is 23.6. The van der Waals surface area contributed by atoms with Crippen LogP contribution in [0, 0.1) is 5.92 Å². The molecule has 22 heavy (non-hydrogen) atoms. The predicted molar refractivity (Wildman–Crippen MR) is 85.5 cm³/mol. The lowest BCUT2D eigenvalue weighted by molar-refractivity contribution is -0.118. The van der Waals surface area contributed by atoms with Gasteiger partial charge in [0.1, 0.15) is 5.75 Å². The van der Waals surface area contributed by atoms with E-state index in [0.717, 1.165) is 19.3 Å². The number of ether oxygens (including phenoxy) is 1. The van der Waals surface area contributed by atoms with Gasteiger partial charge < -0.3 is 21.1 Å². The number of rotatable bonds is 3. The van der Waals surface area contributed by atoms with Gasteiger partial charge in [0.25, 0.3) is 11.8 Å². The van der Waals surface area contributed by atoms with Gasteiger partial charge in [-0.15, -0.1) is 12.4 Å². The van der Waals surface area contributed by atoms with Crippen LogP contribution in [-0.4, -0.2) is 31.0 Å². The van der Waals surface area contributed by atoms with E-state index in [1.165, 1.54) is 0 Å². The second kappa shape index (κ2) is 6.98. The van der Waals surface area contributed by atoms with Gasteiger partial charge in [0.05, 0.1) is 5.69 Å². The first kappa shape index (κ1) is 16.6. The fraction of sp³-hybridized carbons (Fsp3) is 0.467.